The average Bonchev–Trinajstić information content (AvgIpc) is 1.85. The molecule has 1 nitrogen and oxygen atoms in total. The lowest BCUT2D eigenvalue weighted by Gasteiger charge is -2.34. The molecular weight excluding hydrogens is 86.1 g/mol. The molecule has 2 fully saturated rings. The molecule has 0 bridgehead atoms. The van der Waals surface area contributed by atoms with Crippen molar-refractivity contribution in [2.75, 3.05) is 13.1 Å². The van der Waals surface area contributed by atoms with Crippen molar-refractivity contribution in [2.45, 2.75) is 25.3 Å². The predicted molar refractivity (Wildman–Crippen MR) is 29.2 cm³/mol. The van der Waals surface area contributed by atoms with Crippen molar-refractivity contribution in [1.82, 2.24) is 4.90 Å². The molecule has 1 heteroatoms. The first kappa shape index (κ1) is 3.90. The molecule has 2 heterocycles. The lowest BCUT2D eigenvalue weighted by atomic mass is 10.1. The summed E-state index contributed by atoms with van der Waals surface area (Å²) in [6.07, 6.45) is 4.44. The second-order valence-corrected chi connectivity index (χ2v) is 2.62. The second kappa shape index (κ2) is 1.22. The van der Waals surface area contributed by atoms with Crippen LogP contribution in [0.3, 0.4) is 0 Å². The van der Waals surface area contributed by atoms with Crippen molar-refractivity contribution in [3.8, 4) is 0 Å². The second-order valence-electron chi connectivity index (χ2n) is 2.62. The van der Waals surface area contributed by atoms with Gasteiger partial charge < -0.3 is 4.90 Å². The Balaban J connectivity index is 2.03. The number of hydrogen-bond acceptors (Lipinski definition) is 1. The van der Waals surface area contributed by atoms with Gasteiger partial charge in [0.05, 0.1) is 0 Å². The Labute approximate surface area is 44.3 Å². The predicted octanol–water partition coefficient (Wildman–Crippen LogP) is 0.855. The average molecular weight is 97.2 g/mol. The smallest absolute Gasteiger partial charge is 0.0108 e. The van der Waals surface area contributed by atoms with Gasteiger partial charge in [0, 0.05) is 6.04 Å². The molecule has 2 rings (SSSR count). The summed E-state index contributed by atoms with van der Waals surface area (Å²) in [7, 11) is 0. The van der Waals surface area contributed by atoms with Crippen molar-refractivity contribution >= 4 is 0 Å². The normalized spacial score (nSPS) is 40.3. The first-order valence-corrected chi connectivity index (χ1v) is 3.21. The van der Waals surface area contributed by atoms with E-state index in [0.29, 0.717) is 0 Å². The standard InChI is InChI=1S/C6H11N/c1-2-6-3-5-7(6)4-1/h6H,1-5H2. The monoisotopic (exact) mass is 97.1 g/mol. The van der Waals surface area contributed by atoms with Gasteiger partial charge in [-0.25, -0.2) is 0 Å². The summed E-state index contributed by atoms with van der Waals surface area (Å²) in [5.41, 5.74) is 0. The molecule has 0 aromatic rings. The van der Waals surface area contributed by atoms with Gasteiger partial charge in [-0.3, -0.25) is 0 Å². The topological polar surface area (TPSA) is 3.24 Å². The van der Waals surface area contributed by atoms with Crippen molar-refractivity contribution in [1.29, 1.82) is 0 Å². The molecule has 0 amide bonds. The van der Waals surface area contributed by atoms with Crippen LogP contribution in [0.15, 0.2) is 0 Å². The molecule has 2 aliphatic rings. The molecule has 0 aromatic carbocycles. The van der Waals surface area contributed by atoms with E-state index >= 15 is 0 Å². The summed E-state index contributed by atoms with van der Waals surface area (Å²) in [4.78, 5) is 2.58. The highest BCUT2D eigenvalue weighted by Gasteiger charge is 2.31. The zero-order chi connectivity index (χ0) is 4.69. The number of fused-ring (bicyclic) bond motifs is 1. The van der Waals surface area contributed by atoms with Crippen LogP contribution in [0.5, 0.6) is 0 Å². The summed E-state index contributed by atoms with van der Waals surface area (Å²) in [6, 6.07) is 1.03. The van der Waals surface area contributed by atoms with Gasteiger partial charge >= 0.3 is 0 Å². The van der Waals surface area contributed by atoms with Crippen LogP contribution in [-0.2, 0) is 0 Å². The first-order valence-electron chi connectivity index (χ1n) is 3.21. The zero-order valence-corrected chi connectivity index (χ0v) is 4.56. The van der Waals surface area contributed by atoms with Crippen molar-refractivity contribution < 1.29 is 0 Å². The third kappa shape index (κ3) is 0.418. The Bertz CT molecular complexity index is 70.2. The maximum Gasteiger partial charge on any atom is 0.0108 e. The van der Waals surface area contributed by atoms with Crippen LogP contribution in [0, 0.1) is 0 Å². The van der Waals surface area contributed by atoms with Gasteiger partial charge in [0.15, 0.2) is 0 Å². The molecule has 0 aromatic heterocycles. The third-order valence-electron chi connectivity index (χ3n) is 2.25. The van der Waals surface area contributed by atoms with E-state index in [1.165, 1.54) is 32.4 Å². The van der Waals surface area contributed by atoms with Crippen molar-refractivity contribution in [2.24, 2.45) is 0 Å². The van der Waals surface area contributed by atoms with E-state index in [9.17, 15) is 0 Å². The summed E-state index contributed by atoms with van der Waals surface area (Å²) < 4.78 is 0. The van der Waals surface area contributed by atoms with Crippen LogP contribution >= 0.6 is 0 Å². The van der Waals surface area contributed by atoms with E-state index in [-0.39, 0.29) is 0 Å². The fourth-order valence-electron chi connectivity index (χ4n) is 1.65. The Morgan fingerprint density at radius 1 is 1.14 bits per heavy atom. The molecule has 0 aliphatic carbocycles. The number of rotatable bonds is 0. The van der Waals surface area contributed by atoms with Crippen molar-refractivity contribution in [3.63, 3.8) is 0 Å². The maximum atomic E-state index is 2.58. The molecule has 2 saturated heterocycles. The van der Waals surface area contributed by atoms with Gasteiger partial charge in [-0.2, -0.15) is 0 Å². The summed E-state index contributed by atoms with van der Waals surface area (Å²) in [5.74, 6) is 0. The number of nitrogens with zero attached hydrogens (tertiary/aromatic N) is 1. The lowest BCUT2D eigenvalue weighted by molar-refractivity contribution is 0.141. The zero-order valence-electron chi connectivity index (χ0n) is 4.56. The van der Waals surface area contributed by atoms with Crippen LogP contribution in [0.25, 0.3) is 0 Å². The van der Waals surface area contributed by atoms with Gasteiger partial charge in [0.25, 0.3) is 0 Å². The van der Waals surface area contributed by atoms with Crippen LogP contribution in [0.1, 0.15) is 19.3 Å². The van der Waals surface area contributed by atoms with Gasteiger partial charge in [0.2, 0.25) is 0 Å². The number of hydrogen-bond donors (Lipinski definition) is 0. The summed E-state index contributed by atoms with van der Waals surface area (Å²) in [6.45, 7) is 2.79. The van der Waals surface area contributed by atoms with Gasteiger partial charge in [0.1, 0.15) is 0 Å². The van der Waals surface area contributed by atoms with Crippen LogP contribution in [0.2, 0.25) is 0 Å². The summed E-state index contributed by atoms with van der Waals surface area (Å²) >= 11 is 0. The molecule has 40 valence electrons. The Hall–Kier alpha value is -0.0400. The summed E-state index contributed by atoms with van der Waals surface area (Å²) in [5, 5.41) is 0. The molecule has 1 unspecified atom stereocenters. The highest BCUT2D eigenvalue weighted by molar-refractivity contribution is 4.87. The molecular formula is C6H11N. The SMILES string of the molecule is C1CC2CCN2C1. The highest BCUT2D eigenvalue weighted by Crippen LogP contribution is 2.27. The van der Waals surface area contributed by atoms with E-state index in [0.717, 1.165) is 6.04 Å². The minimum absolute atomic E-state index is 1.03. The van der Waals surface area contributed by atoms with E-state index in [1.54, 1.807) is 0 Å². The third-order valence-corrected chi connectivity index (χ3v) is 2.25. The minimum atomic E-state index is 1.03. The Morgan fingerprint density at radius 2 is 2.14 bits per heavy atom. The van der Waals surface area contributed by atoms with Gasteiger partial charge in [-0.05, 0) is 32.4 Å². The van der Waals surface area contributed by atoms with E-state index in [2.05, 4.69) is 4.90 Å². The molecule has 2 aliphatic heterocycles. The molecule has 0 spiro atoms. The lowest BCUT2D eigenvalue weighted by Crippen LogP contribution is -2.42. The fourth-order valence-corrected chi connectivity index (χ4v) is 1.65. The van der Waals surface area contributed by atoms with Crippen LogP contribution in [-0.4, -0.2) is 24.0 Å². The first-order chi connectivity index (χ1) is 3.47. The molecule has 1 atom stereocenters. The van der Waals surface area contributed by atoms with E-state index in [1.807, 2.05) is 0 Å². The Morgan fingerprint density at radius 3 is 2.43 bits per heavy atom. The van der Waals surface area contributed by atoms with Crippen LogP contribution in [0.4, 0.5) is 0 Å². The quantitative estimate of drug-likeness (QED) is 0.433. The minimum Gasteiger partial charge on any atom is -0.300 e. The van der Waals surface area contributed by atoms with Gasteiger partial charge in [-0.1, -0.05) is 0 Å². The van der Waals surface area contributed by atoms with E-state index in [4.69, 9.17) is 0 Å². The van der Waals surface area contributed by atoms with Gasteiger partial charge in [-0.15, -0.1) is 0 Å². The maximum absolute atomic E-state index is 2.58. The Kier molecular flexibility index (Phi) is 0.680. The highest BCUT2D eigenvalue weighted by atomic mass is 15.2. The largest absolute Gasteiger partial charge is 0.300 e. The molecule has 0 saturated carbocycles. The van der Waals surface area contributed by atoms with Crippen LogP contribution < -0.4 is 0 Å². The molecule has 0 radical (unpaired) electrons. The van der Waals surface area contributed by atoms with Crippen molar-refractivity contribution in [3.05, 3.63) is 0 Å². The van der Waals surface area contributed by atoms with E-state index < -0.39 is 0 Å². The fraction of sp³-hybridized carbons (Fsp3) is 1.00. The molecule has 0 N–H and O–H groups in total. The molecule has 7 heavy (non-hydrogen) atoms.